The van der Waals surface area contributed by atoms with Crippen LogP contribution in [0.2, 0.25) is 0 Å². The fourth-order valence-electron chi connectivity index (χ4n) is 5.43. The number of hydrogen-bond donors (Lipinski definition) is 0. The van der Waals surface area contributed by atoms with Crippen LogP contribution in [-0.2, 0) is 9.53 Å². The third kappa shape index (κ3) is 5.24. The summed E-state index contributed by atoms with van der Waals surface area (Å²) in [5.74, 6) is 0.479. The topological polar surface area (TPSA) is 45.1 Å². The van der Waals surface area contributed by atoms with Crippen molar-refractivity contribution in [3.63, 3.8) is 0 Å². The quantitative estimate of drug-likeness (QED) is 0.513. The molecule has 4 rings (SSSR count). The van der Waals surface area contributed by atoms with Crippen molar-refractivity contribution in [2.75, 3.05) is 13.1 Å². The molecule has 1 amide bonds. The van der Waals surface area contributed by atoms with Crippen LogP contribution in [-0.4, -0.2) is 46.9 Å². The summed E-state index contributed by atoms with van der Waals surface area (Å²) in [5.41, 5.74) is 2.55. The molecule has 0 spiro atoms. The zero-order valence-corrected chi connectivity index (χ0v) is 19.4. The number of carbonyl (C=O) groups is 1. The molecule has 0 aromatic carbocycles. The Bertz CT molecular complexity index is 764. The van der Waals surface area contributed by atoms with Gasteiger partial charge in [0.2, 0.25) is 0 Å². The molecule has 31 heavy (non-hydrogen) atoms. The van der Waals surface area contributed by atoms with E-state index in [-0.39, 0.29) is 11.9 Å². The lowest BCUT2D eigenvalue weighted by molar-refractivity contribution is -0.124. The number of hydrogen-bond acceptors (Lipinski definition) is 4. The lowest BCUT2D eigenvalue weighted by Gasteiger charge is -2.29. The van der Waals surface area contributed by atoms with Crippen LogP contribution in [0, 0.1) is 0 Å². The van der Waals surface area contributed by atoms with Crippen molar-refractivity contribution in [3.8, 4) is 0 Å². The molecule has 0 N–H and O–H groups in total. The van der Waals surface area contributed by atoms with E-state index in [0.717, 1.165) is 51.6 Å². The molecular weight excluding hydrogens is 386 g/mol. The maximum Gasteiger partial charge on any atom is 0.300 e. The van der Waals surface area contributed by atoms with Gasteiger partial charge in [0.25, 0.3) is 5.91 Å². The Kier molecular flexibility index (Phi) is 7.52. The average Bonchev–Trinajstić information content (AvgIpc) is 3.11. The molecule has 0 unspecified atom stereocenters. The van der Waals surface area contributed by atoms with Gasteiger partial charge in [0.15, 0.2) is 5.76 Å². The van der Waals surface area contributed by atoms with Gasteiger partial charge in [0.05, 0.1) is 6.04 Å². The molecule has 3 aliphatic carbocycles. The van der Waals surface area contributed by atoms with Crippen molar-refractivity contribution in [3.05, 3.63) is 35.3 Å². The lowest BCUT2D eigenvalue weighted by atomic mass is 9.94. The van der Waals surface area contributed by atoms with Crippen molar-refractivity contribution in [1.82, 2.24) is 9.80 Å². The summed E-state index contributed by atoms with van der Waals surface area (Å²) in [7, 11) is 0. The number of amides is 1. The molecule has 5 heteroatoms. The second-order valence-corrected chi connectivity index (χ2v) is 9.35. The van der Waals surface area contributed by atoms with Crippen molar-refractivity contribution in [2.24, 2.45) is 4.99 Å². The van der Waals surface area contributed by atoms with Gasteiger partial charge >= 0.3 is 6.02 Å². The molecule has 2 saturated carbocycles. The summed E-state index contributed by atoms with van der Waals surface area (Å²) < 4.78 is 6.18. The highest BCUT2D eigenvalue weighted by molar-refractivity contribution is 6.09. The normalized spacial score (nSPS) is 26.3. The Morgan fingerprint density at radius 2 is 1.68 bits per heavy atom. The lowest BCUT2D eigenvalue weighted by Crippen LogP contribution is -2.41. The second kappa shape index (κ2) is 10.5. The zero-order valence-electron chi connectivity index (χ0n) is 19.4. The first-order valence-electron chi connectivity index (χ1n) is 12.6. The van der Waals surface area contributed by atoms with E-state index in [1.807, 2.05) is 11.0 Å². The molecule has 4 aliphatic rings. The largest absolute Gasteiger partial charge is 0.420 e. The number of amidine groups is 1. The molecule has 0 aromatic rings. The number of nitrogens with zero attached hydrogens (tertiary/aromatic N) is 3. The van der Waals surface area contributed by atoms with Crippen molar-refractivity contribution < 1.29 is 9.53 Å². The maximum atomic E-state index is 13.4. The van der Waals surface area contributed by atoms with Crippen LogP contribution in [0.25, 0.3) is 0 Å². The maximum absolute atomic E-state index is 13.4. The molecule has 0 aromatic heterocycles. The molecule has 5 nitrogen and oxygen atoms in total. The molecule has 0 bridgehead atoms. The average molecular weight is 426 g/mol. The number of rotatable bonds is 6. The molecule has 3 fully saturated rings. The smallest absolute Gasteiger partial charge is 0.300 e. The standard InChI is InChI=1S/C26H39N3O2/c1-3-28(4-2)22-17-15-20(16-18-22)19-24-25(30)29(23-13-9-6-10-14-23)26(31-24)27-21-11-7-5-8-12-21/h15,17,19,21,23H,3-14,16,18H2,1-2H3/b24-19+,27-26?. The number of allylic oxidation sites excluding steroid dienone is 5. The predicted molar refractivity (Wildman–Crippen MR) is 126 cm³/mol. The molecular formula is C26H39N3O2. The van der Waals surface area contributed by atoms with Gasteiger partial charge in [-0.1, -0.05) is 44.6 Å². The molecule has 1 aliphatic heterocycles. The van der Waals surface area contributed by atoms with Crippen LogP contribution in [0.1, 0.15) is 90.9 Å². The van der Waals surface area contributed by atoms with E-state index in [4.69, 9.17) is 9.73 Å². The van der Waals surface area contributed by atoms with Gasteiger partial charge in [0.1, 0.15) is 0 Å². The van der Waals surface area contributed by atoms with Crippen LogP contribution in [0.5, 0.6) is 0 Å². The van der Waals surface area contributed by atoms with Gasteiger partial charge in [-0.2, -0.15) is 0 Å². The van der Waals surface area contributed by atoms with E-state index in [1.165, 1.54) is 49.8 Å². The van der Waals surface area contributed by atoms with E-state index in [1.54, 1.807) is 0 Å². The minimum absolute atomic E-state index is 0.0147. The second-order valence-electron chi connectivity index (χ2n) is 9.35. The van der Waals surface area contributed by atoms with Crippen LogP contribution < -0.4 is 0 Å². The summed E-state index contributed by atoms with van der Waals surface area (Å²) in [6.45, 7) is 6.46. The van der Waals surface area contributed by atoms with Gasteiger partial charge in [-0.3, -0.25) is 9.69 Å². The first kappa shape index (κ1) is 22.2. The van der Waals surface area contributed by atoms with Crippen LogP contribution in [0.3, 0.4) is 0 Å². The van der Waals surface area contributed by atoms with E-state index >= 15 is 0 Å². The van der Waals surface area contributed by atoms with Crippen molar-refractivity contribution in [2.45, 2.75) is 103 Å². The molecule has 170 valence electrons. The van der Waals surface area contributed by atoms with Gasteiger partial charge in [-0.25, -0.2) is 4.99 Å². The summed E-state index contributed by atoms with van der Waals surface area (Å²) in [5, 5.41) is 0. The fraction of sp³-hybridized carbons (Fsp3) is 0.692. The zero-order chi connectivity index (χ0) is 21.6. The van der Waals surface area contributed by atoms with Gasteiger partial charge in [-0.15, -0.1) is 0 Å². The Labute approximate surface area is 187 Å². The van der Waals surface area contributed by atoms with Gasteiger partial charge < -0.3 is 9.64 Å². The van der Waals surface area contributed by atoms with Crippen LogP contribution in [0.15, 0.2) is 40.2 Å². The number of ether oxygens (including phenoxy) is 1. The summed E-state index contributed by atoms with van der Waals surface area (Å²) in [4.78, 5) is 22.7. The molecule has 0 radical (unpaired) electrons. The summed E-state index contributed by atoms with van der Waals surface area (Å²) in [6.07, 6.45) is 20.1. The van der Waals surface area contributed by atoms with Gasteiger partial charge in [-0.05, 0) is 70.1 Å². The van der Waals surface area contributed by atoms with Crippen molar-refractivity contribution >= 4 is 11.9 Å². The monoisotopic (exact) mass is 425 g/mol. The Hall–Kier alpha value is -2.04. The van der Waals surface area contributed by atoms with E-state index in [0.29, 0.717) is 17.8 Å². The van der Waals surface area contributed by atoms with Crippen LogP contribution in [0.4, 0.5) is 0 Å². The fourth-order valence-corrected chi connectivity index (χ4v) is 5.43. The summed E-state index contributed by atoms with van der Waals surface area (Å²) >= 11 is 0. The third-order valence-electron chi connectivity index (χ3n) is 7.29. The third-order valence-corrected chi connectivity index (χ3v) is 7.29. The molecule has 0 atom stereocenters. The van der Waals surface area contributed by atoms with E-state index in [9.17, 15) is 4.79 Å². The van der Waals surface area contributed by atoms with Gasteiger partial charge in [0, 0.05) is 24.8 Å². The van der Waals surface area contributed by atoms with E-state index < -0.39 is 0 Å². The van der Waals surface area contributed by atoms with Crippen molar-refractivity contribution in [1.29, 1.82) is 0 Å². The first-order chi connectivity index (χ1) is 15.2. The molecule has 1 heterocycles. The minimum atomic E-state index is 0.0147. The molecule has 1 saturated heterocycles. The number of aliphatic imine (C=N–C) groups is 1. The summed E-state index contributed by atoms with van der Waals surface area (Å²) in [6, 6.07) is 1.12. The number of carbonyl (C=O) groups excluding carboxylic acids is 1. The highest BCUT2D eigenvalue weighted by atomic mass is 16.5. The minimum Gasteiger partial charge on any atom is -0.420 e. The predicted octanol–water partition coefficient (Wildman–Crippen LogP) is 5.70. The van der Waals surface area contributed by atoms with Crippen LogP contribution >= 0.6 is 0 Å². The Morgan fingerprint density at radius 1 is 1.00 bits per heavy atom. The van der Waals surface area contributed by atoms with E-state index in [2.05, 4.69) is 30.9 Å². The first-order valence-corrected chi connectivity index (χ1v) is 12.6. The SMILES string of the molecule is CCN(CC)C1=CC=C(/C=C2/OC(=NC3CCCCC3)N(C3CCCCC3)C2=O)CC1. The highest BCUT2D eigenvalue weighted by Gasteiger charge is 2.40. The highest BCUT2D eigenvalue weighted by Crippen LogP contribution is 2.32. The Morgan fingerprint density at radius 3 is 2.29 bits per heavy atom. The Balaban J connectivity index is 1.55.